The maximum atomic E-state index is 12.8. The van der Waals surface area contributed by atoms with Crippen molar-refractivity contribution in [3.63, 3.8) is 0 Å². The maximum Gasteiger partial charge on any atom is 0.255 e. The van der Waals surface area contributed by atoms with E-state index in [0.717, 1.165) is 16.7 Å². The van der Waals surface area contributed by atoms with Gasteiger partial charge in [0, 0.05) is 29.4 Å². The summed E-state index contributed by atoms with van der Waals surface area (Å²) in [5.74, 6) is -0.258. The minimum atomic E-state index is -0.630. The second kappa shape index (κ2) is 8.69. The van der Waals surface area contributed by atoms with E-state index in [1.54, 1.807) is 23.1 Å². The molecule has 0 radical (unpaired) electrons. The smallest absolute Gasteiger partial charge is 0.255 e. The molecule has 30 heavy (non-hydrogen) atoms. The third-order valence-corrected chi connectivity index (χ3v) is 5.43. The number of hydrogen-bond donors (Lipinski definition) is 2. The number of nitrogens with zero attached hydrogens (tertiary/aromatic N) is 1. The fraction of sp³-hybridized carbons (Fsp3) is 0.167. The first-order valence-corrected chi connectivity index (χ1v) is 10.1. The molecule has 0 saturated heterocycles. The van der Waals surface area contributed by atoms with Gasteiger partial charge < -0.3 is 16.0 Å². The number of fused-ring (bicyclic) bond motifs is 1. The van der Waals surface area contributed by atoms with E-state index < -0.39 is 6.04 Å². The first-order valence-electron chi connectivity index (χ1n) is 9.76. The molecule has 6 heteroatoms. The van der Waals surface area contributed by atoms with Gasteiger partial charge in [0.2, 0.25) is 5.91 Å². The SMILES string of the molecule is N[C@H](Cc1cccc(Cl)c1)C(=O)N1Cc2ccc(NC(=O)c3ccccc3)cc2C1. The van der Waals surface area contributed by atoms with Crippen LogP contribution in [0.5, 0.6) is 0 Å². The van der Waals surface area contributed by atoms with Crippen molar-refractivity contribution < 1.29 is 9.59 Å². The summed E-state index contributed by atoms with van der Waals surface area (Å²) >= 11 is 6.02. The van der Waals surface area contributed by atoms with Crippen LogP contribution in [0.15, 0.2) is 72.8 Å². The van der Waals surface area contributed by atoms with Crippen molar-refractivity contribution in [3.8, 4) is 0 Å². The van der Waals surface area contributed by atoms with Crippen molar-refractivity contribution in [3.05, 3.63) is 100 Å². The lowest BCUT2D eigenvalue weighted by molar-refractivity contribution is -0.133. The summed E-state index contributed by atoms with van der Waals surface area (Å²) in [7, 11) is 0. The third-order valence-electron chi connectivity index (χ3n) is 5.20. The number of nitrogens with two attached hydrogens (primary N) is 1. The first kappa shape index (κ1) is 20.1. The van der Waals surface area contributed by atoms with Gasteiger partial charge in [-0.1, -0.05) is 48.0 Å². The topological polar surface area (TPSA) is 75.4 Å². The lowest BCUT2D eigenvalue weighted by atomic mass is 10.1. The van der Waals surface area contributed by atoms with Gasteiger partial charge in [-0.25, -0.2) is 0 Å². The van der Waals surface area contributed by atoms with E-state index in [2.05, 4.69) is 5.32 Å². The van der Waals surface area contributed by atoms with Crippen LogP contribution in [0.1, 0.15) is 27.0 Å². The number of carbonyl (C=O) groups excluding carboxylic acids is 2. The Labute approximate surface area is 180 Å². The molecule has 0 unspecified atom stereocenters. The Morgan fingerprint density at radius 3 is 2.50 bits per heavy atom. The van der Waals surface area contributed by atoms with Crippen LogP contribution in [-0.2, 0) is 24.3 Å². The van der Waals surface area contributed by atoms with E-state index in [1.807, 2.05) is 54.6 Å². The zero-order chi connectivity index (χ0) is 21.1. The zero-order valence-corrected chi connectivity index (χ0v) is 17.1. The lowest BCUT2D eigenvalue weighted by Gasteiger charge is -2.20. The molecule has 0 saturated carbocycles. The van der Waals surface area contributed by atoms with Crippen LogP contribution in [0.25, 0.3) is 0 Å². The average molecular weight is 420 g/mol. The van der Waals surface area contributed by atoms with Crippen molar-refractivity contribution >= 4 is 29.1 Å². The normalized spacial score (nSPS) is 13.6. The number of rotatable bonds is 5. The highest BCUT2D eigenvalue weighted by molar-refractivity contribution is 6.30. The number of halogens is 1. The molecule has 3 N–H and O–H groups in total. The van der Waals surface area contributed by atoms with Crippen LogP contribution in [0.2, 0.25) is 5.02 Å². The van der Waals surface area contributed by atoms with Crippen molar-refractivity contribution in [2.75, 3.05) is 5.32 Å². The molecule has 4 rings (SSSR count). The fourth-order valence-electron chi connectivity index (χ4n) is 3.66. The number of benzene rings is 3. The predicted molar refractivity (Wildman–Crippen MR) is 118 cm³/mol. The Hall–Kier alpha value is -3.15. The van der Waals surface area contributed by atoms with Crippen LogP contribution in [-0.4, -0.2) is 22.8 Å². The number of carbonyl (C=O) groups is 2. The van der Waals surface area contributed by atoms with E-state index in [9.17, 15) is 9.59 Å². The quantitative estimate of drug-likeness (QED) is 0.656. The number of anilines is 1. The zero-order valence-electron chi connectivity index (χ0n) is 16.3. The summed E-state index contributed by atoms with van der Waals surface area (Å²) < 4.78 is 0. The van der Waals surface area contributed by atoms with Gasteiger partial charge in [0.05, 0.1) is 6.04 Å². The van der Waals surface area contributed by atoms with E-state index >= 15 is 0 Å². The van der Waals surface area contributed by atoms with Gasteiger partial charge in [-0.05, 0) is 59.5 Å². The third kappa shape index (κ3) is 4.53. The summed E-state index contributed by atoms with van der Waals surface area (Å²) in [6, 6.07) is 21.6. The molecule has 152 valence electrons. The second-order valence-electron chi connectivity index (χ2n) is 7.44. The highest BCUT2D eigenvalue weighted by Gasteiger charge is 2.27. The second-order valence-corrected chi connectivity index (χ2v) is 7.87. The van der Waals surface area contributed by atoms with Gasteiger partial charge in [0.25, 0.3) is 5.91 Å². The number of amides is 2. The highest BCUT2D eigenvalue weighted by Crippen LogP contribution is 2.27. The molecule has 3 aromatic carbocycles. The van der Waals surface area contributed by atoms with Crippen LogP contribution in [0.3, 0.4) is 0 Å². The fourth-order valence-corrected chi connectivity index (χ4v) is 3.87. The minimum Gasteiger partial charge on any atom is -0.333 e. The Morgan fingerprint density at radius 2 is 1.73 bits per heavy atom. The molecule has 1 atom stereocenters. The van der Waals surface area contributed by atoms with E-state index in [1.165, 1.54) is 0 Å². The van der Waals surface area contributed by atoms with Crippen molar-refractivity contribution in [1.29, 1.82) is 0 Å². The number of hydrogen-bond acceptors (Lipinski definition) is 3. The largest absolute Gasteiger partial charge is 0.333 e. The van der Waals surface area contributed by atoms with E-state index in [-0.39, 0.29) is 11.8 Å². The van der Waals surface area contributed by atoms with Gasteiger partial charge >= 0.3 is 0 Å². The Bertz CT molecular complexity index is 1080. The van der Waals surface area contributed by atoms with Crippen molar-refractivity contribution in [2.24, 2.45) is 5.73 Å². The molecule has 5 nitrogen and oxygen atoms in total. The van der Waals surface area contributed by atoms with E-state index in [4.69, 9.17) is 17.3 Å². The predicted octanol–water partition coefficient (Wildman–Crippen LogP) is 4.00. The van der Waals surface area contributed by atoms with E-state index in [0.29, 0.717) is 35.8 Å². The molecule has 1 heterocycles. The summed E-state index contributed by atoms with van der Waals surface area (Å²) in [5.41, 5.74) is 10.5. The standard InChI is InChI=1S/C24H22ClN3O2/c25-20-8-4-5-16(11-20)12-22(26)24(30)28-14-18-9-10-21(13-19(18)15-28)27-23(29)17-6-2-1-3-7-17/h1-11,13,22H,12,14-15,26H2,(H,27,29)/t22-/m1/s1. The molecule has 1 aliphatic heterocycles. The van der Waals surface area contributed by atoms with Gasteiger partial charge in [0.1, 0.15) is 0 Å². The molecule has 0 aromatic heterocycles. The van der Waals surface area contributed by atoms with Crippen molar-refractivity contribution in [1.82, 2.24) is 4.90 Å². The van der Waals surface area contributed by atoms with Crippen LogP contribution in [0, 0.1) is 0 Å². The Morgan fingerprint density at radius 1 is 0.967 bits per heavy atom. The van der Waals surface area contributed by atoms with Crippen LogP contribution < -0.4 is 11.1 Å². The lowest BCUT2D eigenvalue weighted by Crippen LogP contribution is -2.42. The molecule has 2 amide bonds. The molecule has 1 aliphatic rings. The molecule has 0 spiro atoms. The van der Waals surface area contributed by atoms with Crippen LogP contribution >= 0.6 is 11.6 Å². The Balaban J connectivity index is 1.40. The molecule has 3 aromatic rings. The minimum absolute atomic E-state index is 0.0963. The van der Waals surface area contributed by atoms with Gasteiger partial charge in [0.15, 0.2) is 0 Å². The highest BCUT2D eigenvalue weighted by atomic mass is 35.5. The van der Waals surface area contributed by atoms with Gasteiger partial charge in [-0.2, -0.15) is 0 Å². The average Bonchev–Trinajstić information content (AvgIpc) is 3.17. The summed E-state index contributed by atoms with van der Waals surface area (Å²) in [6.07, 6.45) is 0.435. The molecule has 0 bridgehead atoms. The molecular formula is C24H22ClN3O2. The summed E-state index contributed by atoms with van der Waals surface area (Å²) in [4.78, 5) is 27.0. The monoisotopic (exact) mass is 419 g/mol. The van der Waals surface area contributed by atoms with Gasteiger partial charge in [-0.15, -0.1) is 0 Å². The molecule has 0 fully saturated rings. The Kier molecular flexibility index (Phi) is 5.84. The van der Waals surface area contributed by atoms with Gasteiger partial charge in [-0.3, -0.25) is 9.59 Å². The van der Waals surface area contributed by atoms with Crippen molar-refractivity contribution in [2.45, 2.75) is 25.6 Å². The maximum absolute atomic E-state index is 12.8. The number of nitrogens with one attached hydrogen (secondary N) is 1. The molecule has 0 aliphatic carbocycles. The van der Waals surface area contributed by atoms with Crippen LogP contribution in [0.4, 0.5) is 5.69 Å². The first-order chi connectivity index (χ1) is 14.5. The summed E-state index contributed by atoms with van der Waals surface area (Å²) in [5, 5.41) is 3.54. The molecular weight excluding hydrogens is 398 g/mol. The summed E-state index contributed by atoms with van der Waals surface area (Å²) in [6.45, 7) is 0.997.